The van der Waals surface area contributed by atoms with Crippen LogP contribution in [0.4, 0.5) is 0 Å². The molecule has 3 aliphatic rings. The van der Waals surface area contributed by atoms with E-state index in [1.165, 1.54) is 6.92 Å². The van der Waals surface area contributed by atoms with Crippen LogP contribution in [0.25, 0.3) is 0 Å². The van der Waals surface area contributed by atoms with Gasteiger partial charge in [0.25, 0.3) is 0 Å². The first-order chi connectivity index (χ1) is 15.9. The van der Waals surface area contributed by atoms with E-state index in [0.717, 1.165) is 6.42 Å². The van der Waals surface area contributed by atoms with Gasteiger partial charge in [-0.15, -0.1) is 0 Å². The molecule has 3 aliphatic heterocycles. The van der Waals surface area contributed by atoms with Gasteiger partial charge in [0.1, 0.15) is 48.8 Å². The Morgan fingerprint density at radius 2 is 1.82 bits per heavy atom. The van der Waals surface area contributed by atoms with Crippen molar-refractivity contribution in [1.29, 1.82) is 0 Å². The lowest BCUT2D eigenvalue weighted by Gasteiger charge is -2.42. The van der Waals surface area contributed by atoms with Gasteiger partial charge >= 0.3 is 0 Å². The maximum absolute atomic E-state index is 11.6. The van der Waals surface area contributed by atoms with Gasteiger partial charge in [0.15, 0.2) is 18.4 Å². The van der Waals surface area contributed by atoms with Gasteiger partial charge in [0.2, 0.25) is 5.91 Å². The number of carbonyl (C=O) groups excluding carboxylic acids is 1. The number of rotatable bonds is 10. The number of carbonyl (C=O) groups is 1. The fourth-order valence-corrected chi connectivity index (χ4v) is 4.34. The largest absolute Gasteiger partial charge is 0.394 e. The van der Waals surface area contributed by atoms with Gasteiger partial charge in [0, 0.05) is 13.5 Å². The summed E-state index contributed by atoms with van der Waals surface area (Å²) in [7, 11) is 0. The van der Waals surface area contributed by atoms with Crippen LogP contribution in [0.2, 0.25) is 0 Å². The minimum atomic E-state index is -1.45. The summed E-state index contributed by atoms with van der Waals surface area (Å²) in [5, 5.41) is 43.4. The highest BCUT2D eigenvalue weighted by Gasteiger charge is 2.57. The van der Waals surface area contributed by atoms with Crippen molar-refractivity contribution in [3.8, 4) is 0 Å². The minimum absolute atomic E-state index is 0.306. The summed E-state index contributed by atoms with van der Waals surface area (Å²) in [6.45, 7) is 8.52. The summed E-state index contributed by atoms with van der Waals surface area (Å²) in [4.78, 5) is 11.6. The summed E-state index contributed by atoms with van der Waals surface area (Å²) < 4.78 is 34.9. The smallest absolute Gasteiger partial charge is 0.217 e. The zero-order valence-electron chi connectivity index (χ0n) is 20.3. The molecular weight excluding hydrogens is 454 g/mol. The highest BCUT2D eigenvalue weighted by atomic mass is 16.8. The molecule has 1 amide bonds. The predicted molar refractivity (Wildman–Crippen MR) is 115 cm³/mol. The molecule has 0 spiro atoms. The van der Waals surface area contributed by atoms with E-state index in [9.17, 15) is 25.2 Å². The first-order valence-electron chi connectivity index (χ1n) is 11.8. The standard InChI is InChI=1S/C22H39NO11/c1-10(2)6-7-29-18-17(32-21-19(18)33-22(4,5)34-21)12(26)9-30-20-14(23-11(3)25)16(28)15(27)13(8-24)31-20/h10,12-21,24,26-28H,6-9H2,1-5H3,(H,23,25)/t12-,13-,14-,15-,16-,17-,18+,19-,20-,21-/m1/s1. The fourth-order valence-electron chi connectivity index (χ4n) is 4.34. The lowest BCUT2D eigenvalue weighted by molar-refractivity contribution is -0.281. The van der Waals surface area contributed by atoms with Crippen molar-refractivity contribution in [2.45, 2.75) is 108 Å². The Morgan fingerprint density at radius 1 is 1.12 bits per heavy atom. The second kappa shape index (κ2) is 11.4. The molecule has 5 N–H and O–H groups in total. The van der Waals surface area contributed by atoms with Gasteiger partial charge in [-0.3, -0.25) is 4.79 Å². The summed E-state index contributed by atoms with van der Waals surface area (Å²) >= 11 is 0. The Labute approximate surface area is 199 Å². The molecule has 0 unspecified atom stereocenters. The molecule has 0 aromatic carbocycles. The SMILES string of the molecule is CC(=O)N[C@H]1[C@H](OC[C@@H](O)[C@H]2O[C@@H]3OC(C)(C)O[C@@H]3[C@H]2OCCC(C)C)O[C@H](CO)[C@@H](O)[C@@H]1O. The van der Waals surface area contributed by atoms with Crippen LogP contribution in [0, 0.1) is 5.92 Å². The van der Waals surface area contributed by atoms with Crippen molar-refractivity contribution in [3.05, 3.63) is 0 Å². The molecule has 34 heavy (non-hydrogen) atoms. The van der Waals surface area contributed by atoms with Crippen LogP contribution >= 0.6 is 0 Å². The van der Waals surface area contributed by atoms with E-state index in [0.29, 0.717) is 12.5 Å². The number of fused-ring (bicyclic) bond motifs is 1. The molecule has 12 nitrogen and oxygen atoms in total. The Morgan fingerprint density at radius 3 is 2.44 bits per heavy atom. The molecule has 3 rings (SSSR count). The average molecular weight is 494 g/mol. The third kappa shape index (κ3) is 6.44. The maximum Gasteiger partial charge on any atom is 0.217 e. The van der Waals surface area contributed by atoms with Crippen LogP contribution < -0.4 is 5.32 Å². The van der Waals surface area contributed by atoms with Gasteiger partial charge in [0.05, 0.1) is 13.2 Å². The van der Waals surface area contributed by atoms with Crippen molar-refractivity contribution in [2.75, 3.05) is 19.8 Å². The van der Waals surface area contributed by atoms with Crippen LogP contribution in [0.1, 0.15) is 41.0 Å². The Bertz CT molecular complexity index is 677. The van der Waals surface area contributed by atoms with E-state index >= 15 is 0 Å². The van der Waals surface area contributed by atoms with E-state index in [4.69, 9.17) is 28.4 Å². The van der Waals surface area contributed by atoms with E-state index < -0.39 is 79.7 Å². The molecule has 3 heterocycles. The zero-order chi connectivity index (χ0) is 25.2. The number of nitrogens with one attached hydrogen (secondary N) is 1. The third-order valence-corrected chi connectivity index (χ3v) is 6.09. The van der Waals surface area contributed by atoms with Crippen LogP contribution in [-0.2, 0) is 33.2 Å². The van der Waals surface area contributed by atoms with Crippen LogP contribution in [-0.4, -0.2) is 113 Å². The van der Waals surface area contributed by atoms with E-state index in [1.54, 1.807) is 13.8 Å². The molecule has 0 aromatic heterocycles. The first-order valence-corrected chi connectivity index (χ1v) is 11.8. The van der Waals surface area contributed by atoms with Gasteiger partial charge in [-0.1, -0.05) is 13.8 Å². The summed E-state index contributed by atoms with van der Waals surface area (Å²) in [6, 6.07) is -1.11. The zero-order valence-corrected chi connectivity index (χ0v) is 20.3. The molecule has 12 heteroatoms. The molecule has 198 valence electrons. The molecule has 10 atom stereocenters. The minimum Gasteiger partial charge on any atom is -0.394 e. The molecule has 0 radical (unpaired) electrons. The Hall–Kier alpha value is -0.930. The number of hydrogen-bond acceptors (Lipinski definition) is 11. The highest BCUT2D eigenvalue weighted by Crippen LogP contribution is 2.40. The van der Waals surface area contributed by atoms with Crippen LogP contribution in [0.5, 0.6) is 0 Å². The molecule has 0 saturated carbocycles. The van der Waals surface area contributed by atoms with E-state index in [1.807, 2.05) is 0 Å². The number of aliphatic hydroxyl groups excluding tert-OH is 4. The van der Waals surface area contributed by atoms with Crippen molar-refractivity contribution in [2.24, 2.45) is 5.92 Å². The van der Waals surface area contributed by atoms with Crippen molar-refractivity contribution < 1.29 is 53.6 Å². The van der Waals surface area contributed by atoms with Crippen LogP contribution in [0.15, 0.2) is 0 Å². The third-order valence-electron chi connectivity index (χ3n) is 6.09. The van der Waals surface area contributed by atoms with Gasteiger partial charge in [-0.2, -0.15) is 0 Å². The maximum atomic E-state index is 11.6. The summed E-state index contributed by atoms with van der Waals surface area (Å²) in [5.74, 6) is -0.893. The molecule has 0 bridgehead atoms. The molecule has 3 saturated heterocycles. The van der Waals surface area contributed by atoms with Crippen molar-refractivity contribution in [3.63, 3.8) is 0 Å². The first kappa shape index (κ1) is 27.7. The fraction of sp³-hybridized carbons (Fsp3) is 0.955. The number of hydrogen-bond donors (Lipinski definition) is 5. The Kier molecular flexibility index (Phi) is 9.29. The lowest BCUT2D eigenvalue weighted by Crippen LogP contribution is -2.64. The number of amides is 1. The molecule has 3 fully saturated rings. The normalized spacial score (nSPS) is 40.4. The van der Waals surface area contributed by atoms with E-state index in [2.05, 4.69) is 19.2 Å². The lowest BCUT2D eigenvalue weighted by atomic mass is 9.97. The Balaban J connectivity index is 1.66. The monoisotopic (exact) mass is 493 g/mol. The number of aliphatic hydroxyl groups is 4. The highest BCUT2D eigenvalue weighted by molar-refractivity contribution is 5.73. The van der Waals surface area contributed by atoms with Crippen molar-refractivity contribution in [1.82, 2.24) is 5.32 Å². The quantitative estimate of drug-likeness (QED) is 0.243. The summed E-state index contributed by atoms with van der Waals surface area (Å²) in [6.07, 6.45) is -8.30. The van der Waals surface area contributed by atoms with E-state index in [-0.39, 0.29) is 6.61 Å². The second-order valence-corrected chi connectivity index (χ2v) is 9.92. The van der Waals surface area contributed by atoms with Crippen LogP contribution in [0.3, 0.4) is 0 Å². The van der Waals surface area contributed by atoms with Gasteiger partial charge in [-0.05, 0) is 26.2 Å². The second-order valence-electron chi connectivity index (χ2n) is 9.92. The van der Waals surface area contributed by atoms with Gasteiger partial charge < -0.3 is 54.2 Å². The number of ether oxygens (including phenoxy) is 6. The molecule has 0 aliphatic carbocycles. The molecule has 0 aromatic rings. The van der Waals surface area contributed by atoms with Gasteiger partial charge in [-0.25, -0.2) is 0 Å². The van der Waals surface area contributed by atoms with Crippen molar-refractivity contribution >= 4 is 5.91 Å². The molecular formula is C22H39NO11. The summed E-state index contributed by atoms with van der Waals surface area (Å²) in [5.41, 5.74) is 0. The topological polar surface area (TPSA) is 165 Å². The average Bonchev–Trinajstić information content (AvgIpc) is 3.22. The predicted octanol–water partition coefficient (Wildman–Crippen LogP) is -1.38.